The van der Waals surface area contributed by atoms with Gasteiger partial charge in [0.25, 0.3) is 0 Å². The van der Waals surface area contributed by atoms with Crippen LogP contribution in [0.2, 0.25) is 0 Å². The predicted octanol–water partition coefficient (Wildman–Crippen LogP) is 4.28. The summed E-state index contributed by atoms with van der Waals surface area (Å²) in [4.78, 5) is 8.77. The Labute approximate surface area is 210 Å². The summed E-state index contributed by atoms with van der Waals surface area (Å²) in [7, 11) is 0. The number of nitrogens with zero attached hydrogens (tertiary/aromatic N) is 2. The van der Waals surface area contributed by atoms with E-state index in [1.807, 2.05) is 109 Å². The van der Waals surface area contributed by atoms with E-state index in [4.69, 9.17) is 25.9 Å². The molecule has 5 rings (SSSR count). The molecule has 5 N–H and O–H groups in total. The Morgan fingerprint density at radius 1 is 0.639 bits per heavy atom. The van der Waals surface area contributed by atoms with Gasteiger partial charge in [0.05, 0.1) is 0 Å². The van der Waals surface area contributed by atoms with E-state index in [1.54, 1.807) is 0 Å². The van der Waals surface area contributed by atoms with Gasteiger partial charge >= 0.3 is 0 Å². The maximum atomic E-state index is 6.11. The molecule has 1 atom stereocenters. The summed E-state index contributed by atoms with van der Waals surface area (Å²) in [6.45, 7) is 0.933. The van der Waals surface area contributed by atoms with Crippen LogP contribution in [0.15, 0.2) is 119 Å². The highest BCUT2D eigenvalue weighted by atomic mass is 16.5. The van der Waals surface area contributed by atoms with Crippen molar-refractivity contribution in [3.05, 3.63) is 131 Å². The molecule has 1 unspecified atom stereocenters. The van der Waals surface area contributed by atoms with E-state index < -0.39 is 5.66 Å². The van der Waals surface area contributed by atoms with E-state index >= 15 is 0 Å². The zero-order chi connectivity index (χ0) is 24.8. The summed E-state index contributed by atoms with van der Waals surface area (Å²) < 4.78 is 12.0. The van der Waals surface area contributed by atoms with Crippen molar-refractivity contribution in [2.45, 2.75) is 18.9 Å². The maximum absolute atomic E-state index is 6.11. The van der Waals surface area contributed by atoms with Crippen LogP contribution in [0.3, 0.4) is 0 Å². The third-order valence-corrected chi connectivity index (χ3v) is 5.85. The van der Waals surface area contributed by atoms with E-state index in [9.17, 15) is 0 Å². The fourth-order valence-electron chi connectivity index (χ4n) is 4.09. The molecule has 1 heterocycles. The Kier molecular flexibility index (Phi) is 6.53. The molecule has 1 aliphatic rings. The Balaban J connectivity index is 1.42. The van der Waals surface area contributed by atoms with Gasteiger partial charge in [-0.3, -0.25) is 0 Å². The second kappa shape index (κ2) is 10.2. The number of nitrogens with one attached hydrogen (secondary N) is 1. The zero-order valence-electron chi connectivity index (χ0n) is 19.7. The summed E-state index contributed by atoms with van der Waals surface area (Å²) in [5.74, 6) is 1.72. The first-order valence-electron chi connectivity index (χ1n) is 11.6. The van der Waals surface area contributed by atoms with Crippen LogP contribution in [0.25, 0.3) is 0 Å². The van der Waals surface area contributed by atoms with Gasteiger partial charge in [0.15, 0.2) is 11.6 Å². The van der Waals surface area contributed by atoms with Gasteiger partial charge in [-0.15, -0.1) is 0 Å². The highest BCUT2D eigenvalue weighted by Gasteiger charge is 2.37. The number of ether oxygens (including phenoxy) is 2. The predicted molar refractivity (Wildman–Crippen MR) is 142 cm³/mol. The average molecular weight is 478 g/mol. The number of hydrogen-bond donors (Lipinski definition) is 3. The Morgan fingerprint density at radius 2 is 1.25 bits per heavy atom. The first-order chi connectivity index (χ1) is 17.6. The molecule has 0 aliphatic carbocycles. The van der Waals surface area contributed by atoms with Gasteiger partial charge in [-0.2, -0.15) is 4.99 Å². The smallest absolute Gasteiger partial charge is 0.221 e. The minimum absolute atomic E-state index is 0.0891. The Hall–Kier alpha value is -4.78. The van der Waals surface area contributed by atoms with Crippen molar-refractivity contribution < 1.29 is 9.47 Å². The molecular formula is C29H27N5O2. The molecule has 7 nitrogen and oxygen atoms in total. The van der Waals surface area contributed by atoms with Gasteiger partial charge in [-0.05, 0) is 35.4 Å². The molecule has 1 aliphatic heterocycles. The van der Waals surface area contributed by atoms with Crippen LogP contribution in [0, 0.1) is 0 Å². The maximum Gasteiger partial charge on any atom is 0.221 e. The van der Waals surface area contributed by atoms with Gasteiger partial charge in [0.1, 0.15) is 24.7 Å². The zero-order valence-corrected chi connectivity index (χ0v) is 19.7. The average Bonchev–Trinajstić information content (AvgIpc) is 2.92. The lowest BCUT2D eigenvalue weighted by Gasteiger charge is -2.35. The first-order valence-corrected chi connectivity index (χ1v) is 11.6. The van der Waals surface area contributed by atoms with Crippen LogP contribution in [0.1, 0.15) is 22.3 Å². The highest BCUT2D eigenvalue weighted by Crippen LogP contribution is 2.35. The summed E-state index contributed by atoms with van der Waals surface area (Å²) in [6.07, 6.45) is 0. The van der Waals surface area contributed by atoms with Crippen molar-refractivity contribution in [1.29, 1.82) is 0 Å². The van der Waals surface area contributed by atoms with Crippen LogP contribution in [0.5, 0.6) is 11.5 Å². The fraction of sp³-hybridized carbons (Fsp3) is 0.103. The Bertz CT molecular complexity index is 1370. The molecule has 4 aromatic rings. The third kappa shape index (κ3) is 5.15. The van der Waals surface area contributed by atoms with Gasteiger partial charge in [0.2, 0.25) is 5.96 Å². The topological polar surface area (TPSA) is 107 Å². The number of rotatable bonds is 8. The van der Waals surface area contributed by atoms with Gasteiger partial charge in [0, 0.05) is 11.1 Å². The van der Waals surface area contributed by atoms with Crippen molar-refractivity contribution in [3.8, 4) is 11.5 Å². The minimum atomic E-state index is -1.07. The summed E-state index contributed by atoms with van der Waals surface area (Å²) >= 11 is 0. The van der Waals surface area contributed by atoms with Crippen molar-refractivity contribution >= 4 is 11.9 Å². The van der Waals surface area contributed by atoms with Crippen LogP contribution < -0.4 is 26.3 Å². The second-order valence-corrected chi connectivity index (χ2v) is 8.40. The highest BCUT2D eigenvalue weighted by molar-refractivity contribution is 5.96. The molecule has 0 fully saturated rings. The molecule has 180 valence electrons. The van der Waals surface area contributed by atoms with Crippen LogP contribution >= 0.6 is 0 Å². The summed E-state index contributed by atoms with van der Waals surface area (Å²) in [6, 6.07) is 35.5. The lowest BCUT2D eigenvalue weighted by Crippen LogP contribution is -2.52. The van der Waals surface area contributed by atoms with Crippen molar-refractivity contribution in [2.24, 2.45) is 21.5 Å². The normalized spacial score (nSPS) is 16.9. The van der Waals surface area contributed by atoms with Gasteiger partial charge in [-0.1, -0.05) is 84.9 Å². The van der Waals surface area contributed by atoms with Crippen molar-refractivity contribution in [2.75, 3.05) is 0 Å². The molecule has 0 saturated carbocycles. The SMILES string of the molecule is NC1=NC(c2ccc(OCc3ccccc3)cc2)(c2cccc(OCc3ccccc3)c2)NC(N)=N1. The van der Waals surface area contributed by atoms with E-state index in [0.29, 0.717) is 19.0 Å². The molecule has 0 amide bonds. The van der Waals surface area contributed by atoms with Crippen molar-refractivity contribution in [1.82, 2.24) is 5.32 Å². The molecule has 36 heavy (non-hydrogen) atoms. The molecule has 0 aromatic heterocycles. The number of aliphatic imine (C=N–C) groups is 2. The minimum Gasteiger partial charge on any atom is -0.489 e. The number of nitrogens with two attached hydrogens (primary N) is 2. The first kappa shape index (κ1) is 23.0. The monoisotopic (exact) mass is 477 g/mol. The van der Waals surface area contributed by atoms with Gasteiger partial charge < -0.3 is 26.3 Å². The summed E-state index contributed by atoms with van der Waals surface area (Å²) in [5.41, 5.74) is 14.9. The molecule has 4 aromatic carbocycles. The second-order valence-electron chi connectivity index (χ2n) is 8.40. The number of benzene rings is 4. The largest absolute Gasteiger partial charge is 0.489 e. The van der Waals surface area contributed by atoms with Crippen LogP contribution in [-0.2, 0) is 18.9 Å². The third-order valence-electron chi connectivity index (χ3n) is 5.85. The van der Waals surface area contributed by atoms with Crippen LogP contribution in [-0.4, -0.2) is 11.9 Å². The molecule has 0 saturated heterocycles. The van der Waals surface area contributed by atoms with Crippen molar-refractivity contribution in [3.63, 3.8) is 0 Å². The van der Waals surface area contributed by atoms with Crippen LogP contribution in [0.4, 0.5) is 0 Å². The number of hydrogen-bond acceptors (Lipinski definition) is 7. The molecule has 0 radical (unpaired) electrons. The van der Waals surface area contributed by atoms with E-state index in [1.165, 1.54) is 0 Å². The molecule has 0 spiro atoms. The molecule has 7 heteroatoms. The fourth-order valence-corrected chi connectivity index (χ4v) is 4.09. The number of guanidine groups is 2. The summed E-state index contributed by atoms with van der Waals surface area (Å²) in [5, 5.41) is 3.24. The van der Waals surface area contributed by atoms with E-state index in [2.05, 4.69) is 10.3 Å². The Morgan fingerprint density at radius 3 is 1.86 bits per heavy atom. The van der Waals surface area contributed by atoms with E-state index in [-0.39, 0.29) is 11.9 Å². The van der Waals surface area contributed by atoms with Gasteiger partial charge in [-0.25, -0.2) is 4.99 Å². The lowest BCUT2D eigenvalue weighted by molar-refractivity contribution is 0.304. The lowest BCUT2D eigenvalue weighted by atomic mass is 9.91. The molecule has 0 bridgehead atoms. The molecular weight excluding hydrogens is 450 g/mol. The quantitative estimate of drug-likeness (QED) is 0.351. The standard InChI is InChI=1S/C29H27N5O2/c30-27-32-28(31)34-29(33-27,23-14-16-25(17-15-23)35-19-21-8-3-1-4-9-21)24-12-7-13-26(18-24)36-20-22-10-5-2-6-11-22/h1-18H,19-20H2,(H5,30,31,32,33,34). The van der Waals surface area contributed by atoms with E-state index in [0.717, 1.165) is 28.0 Å².